The van der Waals surface area contributed by atoms with Gasteiger partial charge >= 0.3 is 0 Å². The molecule has 2 amide bonds. The molecule has 1 N–H and O–H groups in total. The van der Waals surface area contributed by atoms with E-state index in [-0.39, 0.29) is 30.7 Å². The molecule has 1 aliphatic rings. The molecule has 0 radical (unpaired) electrons. The highest BCUT2D eigenvalue weighted by Gasteiger charge is 2.32. The maximum Gasteiger partial charge on any atom is 0.287 e. The van der Waals surface area contributed by atoms with E-state index in [9.17, 15) is 14.4 Å². The number of nitrogens with one attached hydrogen (secondary N) is 1. The second kappa shape index (κ2) is 7.68. The molecule has 5 heteroatoms. The van der Waals surface area contributed by atoms with E-state index in [1.807, 2.05) is 50.2 Å². The fourth-order valence-corrected chi connectivity index (χ4v) is 3.39. The van der Waals surface area contributed by atoms with E-state index >= 15 is 0 Å². The fraction of sp³-hybridized carbons (Fsp3) is 0.381. The van der Waals surface area contributed by atoms with E-state index < -0.39 is 11.7 Å². The molecule has 5 nitrogen and oxygen atoms in total. The van der Waals surface area contributed by atoms with Crippen LogP contribution >= 0.6 is 0 Å². The summed E-state index contributed by atoms with van der Waals surface area (Å²) in [6.07, 6.45) is 0.470. The van der Waals surface area contributed by atoms with Crippen LogP contribution in [-0.2, 0) is 20.9 Å². The number of nitrogens with zero attached hydrogens (tertiary/aromatic N) is 1. The Morgan fingerprint density at radius 2 is 1.88 bits per heavy atom. The topological polar surface area (TPSA) is 66.5 Å². The number of fused-ring (bicyclic) bond motifs is 1. The average molecular weight is 352 g/mol. The lowest BCUT2D eigenvalue weighted by molar-refractivity contribution is -0.138. The number of hydrogen-bond donors (Lipinski definition) is 1. The molecule has 26 heavy (non-hydrogen) atoms. The van der Waals surface area contributed by atoms with E-state index in [0.717, 1.165) is 16.3 Å². The Morgan fingerprint density at radius 3 is 2.65 bits per heavy atom. The third-order valence-electron chi connectivity index (χ3n) is 4.64. The predicted octanol–water partition coefficient (Wildman–Crippen LogP) is 2.67. The fourth-order valence-electron chi connectivity index (χ4n) is 3.39. The molecular weight excluding hydrogens is 328 g/mol. The van der Waals surface area contributed by atoms with Gasteiger partial charge in [-0.1, -0.05) is 56.3 Å². The lowest BCUT2D eigenvalue weighted by Gasteiger charge is -2.18. The van der Waals surface area contributed by atoms with Gasteiger partial charge in [-0.15, -0.1) is 0 Å². The van der Waals surface area contributed by atoms with Gasteiger partial charge in [0.05, 0.1) is 6.04 Å². The van der Waals surface area contributed by atoms with Gasteiger partial charge in [0.1, 0.15) is 0 Å². The quantitative estimate of drug-likeness (QED) is 0.813. The molecule has 0 aromatic heterocycles. The zero-order valence-corrected chi connectivity index (χ0v) is 15.2. The van der Waals surface area contributed by atoms with Gasteiger partial charge in [0.2, 0.25) is 11.7 Å². The number of amides is 2. The Kier molecular flexibility index (Phi) is 5.35. The zero-order valence-electron chi connectivity index (χ0n) is 15.2. The van der Waals surface area contributed by atoms with E-state index in [2.05, 4.69) is 11.4 Å². The van der Waals surface area contributed by atoms with Crippen LogP contribution < -0.4 is 5.32 Å². The summed E-state index contributed by atoms with van der Waals surface area (Å²) >= 11 is 0. The highest BCUT2D eigenvalue weighted by molar-refractivity contribution is 6.36. The van der Waals surface area contributed by atoms with Crippen molar-refractivity contribution in [3.63, 3.8) is 0 Å². The van der Waals surface area contributed by atoms with Crippen LogP contribution in [-0.4, -0.2) is 35.1 Å². The summed E-state index contributed by atoms with van der Waals surface area (Å²) in [6, 6.07) is 13.8. The highest BCUT2D eigenvalue weighted by Crippen LogP contribution is 2.22. The summed E-state index contributed by atoms with van der Waals surface area (Å²) in [5, 5.41) is 4.98. The van der Waals surface area contributed by atoms with Crippen molar-refractivity contribution in [3.8, 4) is 0 Å². The molecule has 1 fully saturated rings. The number of rotatable bonds is 6. The van der Waals surface area contributed by atoms with E-state index in [1.54, 1.807) is 4.90 Å². The molecule has 1 saturated heterocycles. The molecule has 1 aliphatic heterocycles. The molecule has 136 valence electrons. The molecule has 1 heterocycles. The van der Waals surface area contributed by atoms with E-state index in [4.69, 9.17) is 0 Å². The van der Waals surface area contributed by atoms with Crippen molar-refractivity contribution < 1.29 is 14.4 Å². The Hall–Kier alpha value is -2.69. The van der Waals surface area contributed by atoms with Crippen molar-refractivity contribution in [1.82, 2.24) is 10.2 Å². The Bertz CT molecular complexity index is 839. The average Bonchev–Trinajstić information content (AvgIpc) is 2.93. The molecule has 0 saturated carbocycles. The molecule has 0 aliphatic carbocycles. The second-order valence-corrected chi connectivity index (χ2v) is 7.31. The summed E-state index contributed by atoms with van der Waals surface area (Å²) in [5.74, 6) is -0.857. The van der Waals surface area contributed by atoms with Gasteiger partial charge in [0.15, 0.2) is 0 Å². The third-order valence-corrected chi connectivity index (χ3v) is 4.64. The largest absolute Gasteiger partial charge is 0.344 e. The molecule has 2 aromatic carbocycles. The number of likely N-dealkylation sites (tertiary alicyclic amines) is 1. The van der Waals surface area contributed by atoms with Gasteiger partial charge in [-0.3, -0.25) is 14.4 Å². The normalized spacial score (nSPS) is 17.1. The van der Waals surface area contributed by atoms with Crippen LogP contribution in [0.2, 0.25) is 0 Å². The first-order valence-corrected chi connectivity index (χ1v) is 9.02. The first kappa shape index (κ1) is 18.1. The molecular formula is C21H24N2O3. The summed E-state index contributed by atoms with van der Waals surface area (Å²) in [5.41, 5.74) is 1.08. The molecule has 1 atom stereocenters. The number of ketones is 1. The van der Waals surface area contributed by atoms with Crippen molar-refractivity contribution in [2.24, 2.45) is 5.92 Å². The number of benzene rings is 2. The lowest BCUT2D eigenvalue weighted by atomic mass is 10.0. The van der Waals surface area contributed by atoms with Gasteiger partial charge in [-0.2, -0.15) is 0 Å². The van der Waals surface area contributed by atoms with Crippen molar-refractivity contribution in [1.29, 1.82) is 0 Å². The summed E-state index contributed by atoms with van der Waals surface area (Å²) in [7, 11) is 0. The van der Waals surface area contributed by atoms with Crippen molar-refractivity contribution in [3.05, 3.63) is 48.0 Å². The van der Waals surface area contributed by atoms with E-state index in [0.29, 0.717) is 13.1 Å². The number of carbonyl (C=O) groups is 3. The zero-order chi connectivity index (χ0) is 18.7. The smallest absolute Gasteiger partial charge is 0.287 e. The summed E-state index contributed by atoms with van der Waals surface area (Å²) in [4.78, 5) is 37.9. The minimum absolute atomic E-state index is 0.000423. The maximum atomic E-state index is 12.3. The van der Waals surface area contributed by atoms with Crippen LogP contribution in [0.25, 0.3) is 10.8 Å². The van der Waals surface area contributed by atoms with Crippen LogP contribution in [0.5, 0.6) is 0 Å². The summed E-state index contributed by atoms with van der Waals surface area (Å²) < 4.78 is 0. The van der Waals surface area contributed by atoms with Crippen LogP contribution in [0.1, 0.15) is 32.3 Å². The molecule has 3 rings (SSSR count). The third kappa shape index (κ3) is 4.10. The predicted molar refractivity (Wildman–Crippen MR) is 100 cm³/mol. The lowest BCUT2D eigenvalue weighted by Crippen LogP contribution is -2.41. The Balaban J connectivity index is 1.65. The number of Topliss-reactive ketones (excluding diaryl/α,β-unsaturated/α-hetero) is 1. The Morgan fingerprint density at radius 1 is 1.15 bits per heavy atom. The van der Waals surface area contributed by atoms with Crippen LogP contribution in [0.15, 0.2) is 42.5 Å². The van der Waals surface area contributed by atoms with Gasteiger partial charge in [-0.05, 0) is 22.3 Å². The monoisotopic (exact) mass is 352 g/mol. The van der Waals surface area contributed by atoms with E-state index in [1.165, 1.54) is 0 Å². The first-order chi connectivity index (χ1) is 12.4. The van der Waals surface area contributed by atoms with Gasteiger partial charge in [-0.25, -0.2) is 0 Å². The molecule has 0 bridgehead atoms. The Labute approximate surface area is 153 Å². The summed E-state index contributed by atoms with van der Waals surface area (Å²) in [6.45, 7) is 4.74. The van der Waals surface area contributed by atoms with Crippen LogP contribution in [0.3, 0.4) is 0 Å². The van der Waals surface area contributed by atoms with Crippen molar-refractivity contribution in [2.45, 2.75) is 39.3 Å². The van der Waals surface area contributed by atoms with Crippen molar-refractivity contribution in [2.75, 3.05) is 6.54 Å². The van der Waals surface area contributed by atoms with Gasteiger partial charge in [0, 0.05) is 25.9 Å². The van der Waals surface area contributed by atoms with Gasteiger partial charge in [0.25, 0.3) is 5.91 Å². The van der Waals surface area contributed by atoms with Crippen LogP contribution in [0, 0.1) is 5.92 Å². The first-order valence-electron chi connectivity index (χ1n) is 9.02. The molecule has 0 unspecified atom stereocenters. The molecule has 2 aromatic rings. The maximum absolute atomic E-state index is 12.3. The minimum atomic E-state index is -0.580. The highest BCUT2D eigenvalue weighted by atomic mass is 16.2. The van der Waals surface area contributed by atoms with Gasteiger partial charge < -0.3 is 10.2 Å². The SMILES string of the molecule is CC(C)CC(=O)C(=O)N[C@@H]1CC(=O)N(Cc2cccc3ccccc23)C1. The molecule has 0 spiro atoms. The van der Waals surface area contributed by atoms with Crippen LogP contribution in [0.4, 0.5) is 0 Å². The second-order valence-electron chi connectivity index (χ2n) is 7.31. The number of hydrogen-bond acceptors (Lipinski definition) is 3. The standard InChI is InChI=1S/C21H24N2O3/c1-14(2)10-19(24)21(26)22-17-11-20(25)23(13-17)12-16-8-5-7-15-6-3-4-9-18(15)16/h3-9,14,17H,10-13H2,1-2H3,(H,22,26)/t17-/m1/s1. The number of carbonyl (C=O) groups excluding carboxylic acids is 3. The van der Waals surface area contributed by atoms with Crippen molar-refractivity contribution >= 4 is 28.4 Å². The minimum Gasteiger partial charge on any atom is -0.344 e.